The van der Waals surface area contributed by atoms with E-state index in [1.165, 1.54) is 13.6 Å². The summed E-state index contributed by atoms with van der Waals surface area (Å²) in [5.74, 6) is -61.1. The number of rotatable bonds is 6. The molecule has 2 unspecified atom stereocenters. The molecular formula is C17F28O3Si. The summed E-state index contributed by atoms with van der Waals surface area (Å²) in [6.07, 6.45) is -34.2. The molecule has 0 amide bonds. The minimum atomic E-state index is -12.1. The Morgan fingerprint density at radius 1 is 0.449 bits per heavy atom. The van der Waals surface area contributed by atoms with Gasteiger partial charge in [0.2, 0.25) is 16.7 Å². The predicted octanol–water partition coefficient (Wildman–Crippen LogP) is 9.17. The predicted molar refractivity (Wildman–Crippen MR) is 89.7 cm³/mol. The highest BCUT2D eigenvalue weighted by molar-refractivity contribution is 6.74. The fourth-order valence-corrected chi connectivity index (χ4v) is 8.15. The highest BCUT2D eigenvalue weighted by atomic mass is 28.4. The van der Waals surface area contributed by atoms with E-state index in [2.05, 4.69) is 0 Å². The van der Waals surface area contributed by atoms with Crippen LogP contribution in [-0.2, 0) is 19.3 Å². The van der Waals surface area contributed by atoms with Crippen molar-refractivity contribution in [2.45, 2.75) is 65.4 Å². The number of halogens is 28. The molecule has 0 spiro atoms. The van der Waals surface area contributed by atoms with Gasteiger partial charge < -0.3 is 0 Å². The van der Waals surface area contributed by atoms with E-state index in [0.717, 1.165) is 0 Å². The number of hydrogen-bond acceptors (Lipinski definition) is 3. The van der Waals surface area contributed by atoms with Crippen LogP contribution in [-0.4, -0.2) is 68.3 Å². The van der Waals surface area contributed by atoms with E-state index in [4.69, 9.17) is 0 Å². The molecule has 0 aliphatic carbocycles. The lowest BCUT2D eigenvalue weighted by molar-refractivity contribution is -0.493. The van der Waals surface area contributed by atoms with Gasteiger partial charge in [0.1, 0.15) is 0 Å². The Morgan fingerprint density at radius 3 is 1.06 bits per heavy atom. The SMILES string of the molecule is Fc1c(F)c(F)c(C2(F)C(F)(F)C(F)(F)C(F)(F)[Si](OC(F)(F)F)(OC(F)(F)F)C2(OC(F)(F)F)C(F)(F)C(F)(F)C(F)(F)F)c(F)c1F. The van der Waals surface area contributed by atoms with Crippen molar-refractivity contribution in [1.29, 1.82) is 0 Å². The Hall–Kier alpha value is -2.64. The van der Waals surface area contributed by atoms with Gasteiger partial charge in [-0.1, -0.05) is 0 Å². The zero-order valence-corrected chi connectivity index (χ0v) is 21.8. The summed E-state index contributed by atoms with van der Waals surface area (Å²) in [5, 5.41) is -9.89. The second-order valence-electron chi connectivity index (χ2n) is 8.91. The molecular weight excluding hydrogens is 812 g/mol. The molecule has 3 nitrogen and oxygen atoms in total. The van der Waals surface area contributed by atoms with Gasteiger partial charge in [-0.2, -0.15) is 57.1 Å². The zero-order chi connectivity index (χ0) is 39.6. The van der Waals surface area contributed by atoms with Gasteiger partial charge in [0.05, 0.1) is 5.56 Å². The molecule has 2 rings (SSSR count). The molecule has 0 bridgehead atoms. The van der Waals surface area contributed by atoms with Crippen molar-refractivity contribution in [2.75, 3.05) is 0 Å². The van der Waals surface area contributed by atoms with Gasteiger partial charge in [0, 0.05) is 0 Å². The maximum Gasteiger partial charge on any atom is 0.523 e. The topological polar surface area (TPSA) is 27.7 Å². The Kier molecular flexibility index (Phi) is 9.49. The van der Waals surface area contributed by atoms with Crippen LogP contribution in [0.15, 0.2) is 0 Å². The van der Waals surface area contributed by atoms with Crippen LogP contribution >= 0.6 is 0 Å². The van der Waals surface area contributed by atoms with Crippen LogP contribution in [0.25, 0.3) is 0 Å². The summed E-state index contributed by atoms with van der Waals surface area (Å²) in [6, 6.07) is 0. The number of alkyl halides is 23. The third kappa shape index (κ3) is 5.34. The second-order valence-corrected chi connectivity index (χ2v) is 11.9. The smallest absolute Gasteiger partial charge is 0.300 e. The van der Waals surface area contributed by atoms with Crippen LogP contribution in [0.3, 0.4) is 0 Å². The van der Waals surface area contributed by atoms with Crippen molar-refractivity contribution in [3.8, 4) is 0 Å². The molecule has 1 aliphatic heterocycles. The summed E-state index contributed by atoms with van der Waals surface area (Å²) in [5.41, 5.74) is -24.4. The summed E-state index contributed by atoms with van der Waals surface area (Å²) >= 11 is 0. The molecule has 1 aromatic carbocycles. The molecule has 0 N–H and O–H groups in total. The lowest BCUT2D eigenvalue weighted by atomic mass is 9.75. The van der Waals surface area contributed by atoms with Crippen LogP contribution in [0, 0.1) is 29.1 Å². The maximum absolute atomic E-state index is 16.7. The number of ether oxygens (including phenoxy) is 1. The summed E-state index contributed by atoms with van der Waals surface area (Å²) in [7, 11) is -12.1. The highest BCUT2D eigenvalue weighted by Gasteiger charge is 3.10. The minimum absolute atomic E-state index is 1.32. The fraction of sp³-hybridized carbons (Fsp3) is 0.647. The summed E-state index contributed by atoms with van der Waals surface area (Å²) in [6.45, 7) is 0. The standard InChI is InChI=1S/C17F28O3Si/c18-2-1(3(19)5(21)6(22)4(2)20)7(23)8(24,25)11(30,31)14(35,36)49(47-16(40,41)42,48-17(43,44)45)12(7,46-15(37,38)39)9(26,27)10(28,29)13(32,33)34. The first-order valence-electron chi connectivity index (χ1n) is 10.5. The van der Waals surface area contributed by atoms with Crippen LogP contribution < -0.4 is 0 Å². The molecule has 1 saturated heterocycles. The van der Waals surface area contributed by atoms with Crippen molar-refractivity contribution >= 4 is 8.56 Å². The molecule has 286 valence electrons. The van der Waals surface area contributed by atoms with Gasteiger partial charge in [0.25, 0.3) is 0 Å². The largest absolute Gasteiger partial charge is 0.523 e. The highest BCUT2D eigenvalue weighted by Crippen LogP contribution is 2.76. The normalized spacial score (nSPS) is 26.2. The molecule has 2 atom stereocenters. The number of hydrogen-bond donors (Lipinski definition) is 0. The molecule has 1 aliphatic rings. The van der Waals surface area contributed by atoms with Gasteiger partial charge in [-0.25, -0.2) is 26.3 Å². The zero-order valence-electron chi connectivity index (χ0n) is 20.8. The van der Waals surface area contributed by atoms with E-state index in [1.807, 2.05) is 0 Å². The van der Waals surface area contributed by atoms with E-state index in [9.17, 15) is 92.2 Å². The van der Waals surface area contributed by atoms with E-state index < -0.39 is 109 Å². The van der Waals surface area contributed by atoms with Gasteiger partial charge >= 0.3 is 63.1 Å². The summed E-state index contributed by atoms with van der Waals surface area (Å²) in [4.78, 5) is 0. The third-order valence-corrected chi connectivity index (χ3v) is 9.98. The van der Waals surface area contributed by atoms with Crippen molar-refractivity contribution in [2.24, 2.45) is 0 Å². The quantitative estimate of drug-likeness (QED) is 0.124. The van der Waals surface area contributed by atoms with Gasteiger partial charge in [-0.05, 0) is 0 Å². The van der Waals surface area contributed by atoms with E-state index in [1.54, 1.807) is 0 Å². The molecule has 49 heavy (non-hydrogen) atoms. The first-order valence-corrected chi connectivity index (χ1v) is 12.3. The first-order chi connectivity index (χ1) is 21.0. The maximum atomic E-state index is 16.7. The fourth-order valence-electron chi connectivity index (χ4n) is 4.35. The van der Waals surface area contributed by atoms with Crippen LogP contribution in [0.4, 0.5) is 123 Å². The van der Waals surface area contributed by atoms with Gasteiger partial charge in [-0.3, -0.25) is 13.6 Å². The molecule has 1 heterocycles. The average molecular weight is 812 g/mol. The molecule has 1 fully saturated rings. The average Bonchev–Trinajstić information content (AvgIpc) is 2.84. The minimum Gasteiger partial charge on any atom is -0.300 e. The second kappa shape index (κ2) is 10.9. The van der Waals surface area contributed by atoms with Crippen molar-refractivity contribution in [1.82, 2.24) is 0 Å². The van der Waals surface area contributed by atoms with Crippen LogP contribution in [0.5, 0.6) is 0 Å². The first kappa shape index (κ1) is 42.5. The number of benzene rings is 1. The van der Waals surface area contributed by atoms with Crippen molar-refractivity contribution in [3.05, 3.63) is 34.6 Å². The van der Waals surface area contributed by atoms with Crippen molar-refractivity contribution < 1.29 is 137 Å². The van der Waals surface area contributed by atoms with E-state index >= 15 is 30.7 Å². The lowest BCUT2D eigenvalue weighted by Gasteiger charge is -2.63. The Balaban J connectivity index is 3.92. The molecule has 0 radical (unpaired) electrons. The van der Waals surface area contributed by atoms with Crippen LogP contribution in [0.1, 0.15) is 5.56 Å². The van der Waals surface area contributed by atoms with E-state index in [0.29, 0.717) is 0 Å². The lowest BCUT2D eigenvalue weighted by Crippen LogP contribution is -2.98. The Morgan fingerprint density at radius 2 is 0.776 bits per heavy atom. The van der Waals surface area contributed by atoms with E-state index in [-0.39, 0.29) is 0 Å². The Bertz CT molecular complexity index is 1410. The summed E-state index contributed by atoms with van der Waals surface area (Å²) < 4.78 is 401. The Labute approximate surface area is 246 Å². The molecule has 0 aromatic heterocycles. The molecule has 0 saturated carbocycles. The van der Waals surface area contributed by atoms with Crippen LogP contribution in [0.2, 0.25) is 0 Å². The molecule has 32 heteroatoms. The molecule has 1 aromatic rings. The van der Waals surface area contributed by atoms with Gasteiger partial charge in [-0.15, -0.1) is 39.5 Å². The third-order valence-electron chi connectivity index (χ3n) is 6.12. The van der Waals surface area contributed by atoms with Gasteiger partial charge in [0.15, 0.2) is 23.3 Å². The van der Waals surface area contributed by atoms with Crippen molar-refractivity contribution in [3.63, 3.8) is 0 Å². The monoisotopic (exact) mass is 812 g/mol.